The van der Waals surface area contributed by atoms with Crippen molar-refractivity contribution in [2.75, 3.05) is 5.32 Å². The van der Waals surface area contributed by atoms with Crippen LogP contribution >= 0.6 is 11.3 Å². The predicted molar refractivity (Wildman–Crippen MR) is 96.2 cm³/mol. The van der Waals surface area contributed by atoms with Crippen molar-refractivity contribution < 1.29 is 9.18 Å². The fraction of sp³-hybridized carbons (Fsp3) is 0.0526. The largest absolute Gasteiger partial charge is 0.319 e. The molecule has 0 unspecified atom stereocenters. The molecular formula is C19H13FN2OS. The van der Waals surface area contributed by atoms with Crippen molar-refractivity contribution >= 4 is 43.9 Å². The second-order valence-corrected chi connectivity index (χ2v) is 6.56. The number of hydrogen-bond donors (Lipinski definition) is 1. The van der Waals surface area contributed by atoms with Gasteiger partial charge < -0.3 is 5.32 Å². The molecule has 5 heteroatoms. The van der Waals surface area contributed by atoms with Crippen molar-refractivity contribution in [2.24, 2.45) is 0 Å². The van der Waals surface area contributed by atoms with Gasteiger partial charge in [-0.1, -0.05) is 24.3 Å². The van der Waals surface area contributed by atoms with Crippen LogP contribution < -0.4 is 5.32 Å². The number of para-hydroxylation sites is 1. The molecule has 4 aromatic rings. The molecule has 0 spiro atoms. The molecular weight excluding hydrogens is 323 g/mol. The van der Waals surface area contributed by atoms with Crippen LogP contribution in [-0.2, 0) is 0 Å². The summed E-state index contributed by atoms with van der Waals surface area (Å²) in [5.74, 6) is -0.543. The van der Waals surface area contributed by atoms with Gasteiger partial charge in [0.15, 0.2) is 0 Å². The van der Waals surface area contributed by atoms with Crippen LogP contribution in [0.3, 0.4) is 0 Å². The summed E-state index contributed by atoms with van der Waals surface area (Å²) in [5, 5.41) is 4.38. The second-order valence-electron chi connectivity index (χ2n) is 5.50. The number of thiophene rings is 1. The van der Waals surface area contributed by atoms with E-state index >= 15 is 0 Å². The van der Waals surface area contributed by atoms with Crippen LogP contribution in [-0.4, -0.2) is 10.9 Å². The van der Waals surface area contributed by atoms with Gasteiger partial charge >= 0.3 is 0 Å². The predicted octanol–water partition coefficient (Wildman–Crippen LogP) is 5.15. The first kappa shape index (κ1) is 14.8. The molecule has 0 radical (unpaired) electrons. The molecule has 0 bridgehead atoms. The van der Waals surface area contributed by atoms with Crippen molar-refractivity contribution in [3.8, 4) is 0 Å². The topological polar surface area (TPSA) is 42.0 Å². The number of nitrogens with zero attached hydrogens (tertiary/aromatic N) is 1. The Bertz CT molecular complexity index is 1080. The first-order valence-electron chi connectivity index (χ1n) is 7.48. The number of fused-ring (bicyclic) bond motifs is 2. The van der Waals surface area contributed by atoms with Crippen LogP contribution in [0.5, 0.6) is 0 Å². The molecule has 0 fully saturated rings. The van der Waals surface area contributed by atoms with Gasteiger partial charge in [0, 0.05) is 21.7 Å². The van der Waals surface area contributed by atoms with Gasteiger partial charge in [0.25, 0.3) is 5.91 Å². The Labute approximate surface area is 141 Å². The molecule has 3 nitrogen and oxygen atoms in total. The van der Waals surface area contributed by atoms with E-state index in [0.29, 0.717) is 21.5 Å². The number of benzene rings is 2. The average molecular weight is 336 g/mol. The molecule has 0 saturated carbocycles. The van der Waals surface area contributed by atoms with Gasteiger partial charge in [-0.05, 0) is 36.8 Å². The standard InChI is InChI=1S/C19H13FN2OS/c1-11-16-13(20)7-3-9-15(16)24-18(11)19(23)22-14-8-2-5-12-6-4-10-21-17(12)14/h2-10H,1H3,(H,22,23). The smallest absolute Gasteiger partial charge is 0.266 e. The van der Waals surface area contributed by atoms with E-state index in [1.807, 2.05) is 36.4 Å². The first-order valence-corrected chi connectivity index (χ1v) is 8.29. The molecule has 0 atom stereocenters. The number of rotatable bonds is 2. The molecule has 2 aromatic heterocycles. The second kappa shape index (κ2) is 5.69. The lowest BCUT2D eigenvalue weighted by Crippen LogP contribution is -2.12. The highest BCUT2D eigenvalue weighted by atomic mass is 32.1. The molecule has 0 saturated heterocycles. The molecule has 1 N–H and O–H groups in total. The third kappa shape index (κ3) is 2.34. The highest BCUT2D eigenvalue weighted by Gasteiger charge is 2.18. The SMILES string of the molecule is Cc1c(C(=O)Nc2cccc3cccnc23)sc2cccc(F)c12. The maximum absolute atomic E-state index is 14.0. The van der Waals surface area contributed by atoms with E-state index in [1.165, 1.54) is 17.4 Å². The molecule has 1 amide bonds. The zero-order chi connectivity index (χ0) is 16.7. The van der Waals surface area contributed by atoms with E-state index < -0.39 is 0 Å². The van der Waals surface area contributed by atoms with Crippen molar-refractivity contribution in [3.63, 3.8) is 0 Å². The summed E-state index contributed by atoms with van der Waals surface area (Å²) in [5.41, 5.74) is 2.05. The number of aryl methyl sites for hydroxylation is 1. The first-order chi connectivity index (χ1) is 11.6. The number of carbonyl (C=O) groups excluding carboxylic acids is 1. The molecule has 118 valence electrons. The van der Waals surface area contributed by atoms with Gasteiger partial charge in [-0.2, -0.15) is 0 Å². The van der Waals surface area contributed by atoms with E-state index in [-0.39, 0.29) is 11.7 Å². The Morgan fingerprint density at radius 3 is 2.75 bits per heavy atom. The van der Waals surface area contributed by atoms with E-state index in [0.717, 1.165) is 15.6 Å². The minimum atomic E-state index is -0.299. The lowest BCUT2D eigenvalue weighted by molar-refractivity contribution is 0.103. The lowest BCUT2D eigenvalue weighted by Gasteiger charge is -2.07. The number of pyridine rings is 1. The lowest BCUT2D eigenvalue weighted by atomic mass is 10.1. The van der Waals surface area contributed by atoms with Crippen molar-refractivity contribution in [2.45, 2.75) is 6.92 Å². The molecule has 24 heavy (non-hydrogen) atoms. The van der Waals surface area contributed by atoms with Gasteiger partial charge in [0.2, 0.25) is 0 Å². The molecule has 0 aliphatic carbocycles. The Hall–Kier alpha value is -2.79. The Morgan fingerprint density at radius 2 is 1.92 bits per heavy atom. The van der Waals surface area contributed by atoms with Crippen LogP contribution in [0.4, 0.5) is 10.1 Å². The van der Waals surface area contributed by atoms with Gasteiger partial charge in [-0.3, -0.25) is 9.78 Å². The number of amides is 1. The zero-order valence-electron chi connectivity index (χ0n) is 12.8. The quantitative estimate of drug-likeness (QED) is 0.550. The number of nitrogens with one attached hydrogen (secondary N) is 1. The molecule has 2 aromatic carbocycles. The van der Waals surface area contributed by atoms with E-state index in [1.54, 1.807) is 19.2 Å². The number of carbonyl (C=O) groups is 1. The normalized spacial score (nSPS) is 11.1. The van der Waals surface area contributed by atoms with Gasteiger partial charge in [0.05, 0.1) is 16.1 Å². The van der Waals surface area contributed by atoms with Gasteiger partial charge in [-0.15, -0.1) is 11.3 Å². The van der Waals surface area contributed by atoms with Crippen LogP contribution in [0.2, 0.25) is 0 Å². The zero-order valence-corrected chi connectivity index (χ0v) is 13.7. The number of aromatic nitrogens is 1. The van der Waals surface area contributed by atoms with Crippen LogP contribution in [0.15, 0.2) is 54.7 Å². The molecule has 0 aliphatic rings. The molecule has 2 heterocycles. The summed E-state index contributed by atoms with van der Waals surface area (Å²) in [6.45, 7) is 1.78. The third-order valence-electron chi connectivity index (χ3n) is 3.99. The monoisotopic (exact) mass is 336 g/mol. The summed E-state index contributed by atoms with van der Waals surface area (Å²) < 4.78 is 14.8. The minimum Gasteiger partial charge on any atom is -0.319 e. The Balaban J connectivity index is 1.77. The summed E-state index contributed by atoms with van der Waals surface area (Å²) in [4.78, 5) is 17.6. The Kier molecular flexibility index (Phi) is 3.50. The highest BCUT2D eigenvalue weighted by molar-refractivity contribution is 7.21. The highest BCUT2D eigenvalue weighted by Crippen LogP contribution is 2.33. The van der Waals surface area contributed by atoms with E-state index in [2.05, 4.69) is 10.3 Å². The maximum Gasteiger partial charge on any atom is 0.266 e. The van der Waals surface area contributed by atoms with Crippen molar-refractivity contribution in [3.05, 3.63) is 71.0 Å². The maximum atomic E-state index is 14.0. The summed E-state index contributed by atoms with van der Waals surface area (Å²) in [7, 11) is 0. The fourth-order valence-corrected chi connectivity index (χ4v) is 3.97. The van der Waals surface area contributed by atoms with E-state index in [4.69, 9.17) is 0 Å². The average Bonchev–Trinajstić information content (AvgIpc) is 2.93. The summed E-state index contributed by atoms with van der Waals surface area (Å²) in [6, 6.07) is 14.3. The molecule has 0 aliphatic heterocycles. The van der Waals surface area contributed by atoms with E-state index in [9.17, 15) is 9.18 Å². The summed E-state index contributed by atoms with van der Waals surface area (Å²) in [6.07, 6.45) is 1.69. The Morgan fingerprint density at radius 1 is 1.12 bits per heavy atom. The fourth-order valence-electron chi connectivity index (χ4n) is 2.85. The van der Waals surface area contributed by atoms with Crippen molar-refractivity contribution in [1.29, 1.82) is 0 Å². The third-order valence-corrected chi connectivity index (χ3v) is 5.25. The number of hydrogen-bond acceptors (Lipinski definition) is 3. The van der Waals surface area contributed by atoms with Gasteiger partial charge in [0.1, 0.15) is 5.82 Å². The molecule has 4 rings (SSSR count). The van der Waals surface area contributed by atoms with Crippen LogP contribution in [0.1, 0.15) is 15.2 Å². The van der Waals surface area contributed by atoms with Crippen LogP contribution in [0.25, 0.3) is 21.0 Å². The van der Waals surface area contributed by atoms with Crippen LogP contribution in [0, 0.1) is 12.7 Å². The summed E-state index contributed by atoms with van der Waals surface area (Å²) >= 11 is 1.30. The number of anilines is 1. The number of halogens is 1. The van der Waals surface area contributed by atoms with Crippen molar-refractivity contribution in [1.82, 2.24) is 4.98 Å². The minimum absolute atomic E-state index is 0.244. The van der Waals surface area contributed by atoms with Gasteiger partial charge in [-0.25, -0.2) is 4.39 Å².